The molecule has 2 saturated carbocycles. The lowest BCUT2D eigenvalue weighted by atomic mass is 9.95. The molecule has 2 fully saturated rings. The summed E-state index contributed by atoms with van der Waals surface area (Å²) in [5.74, 6) is -0.0236. The first-order valence-electron chi connectivity index (χ1n) is 10.8. The number of imidazole rings is 1. The first kappa shape index (κ1) is 20.9. The summed E-state index contributed by atoms with van der Waals surface area (Å²) in [6, 6.07) is 3.65. The number of rotatable bonds is 9. The van der Waals surface area contributed by atoms with Gasteiger partial charge in [-0.05, 0) is 44.4 Å². The zero-order chi connectivity index (χ0) is 21.3. The van der Waals surface area contributed by atoms with Gasteiger partial charge in [0.2, 0.25) is 5.91 Å². The maximum absolute atomic E-state index is 14.5. The second kappa shape index (κ2) is 8.79. The maximum Gasteiger partial charge on any atom is 0.297 e. The molecule has 2 aliphatic rings. The molecule has 8 heteroatoms. The van der Waals surface area contributed by atoms with Crippen molar-refractivity contribution in [3.63, 3.8) is 0 Å². The number of halogens is 1. The summed E-state index contributed by atoms with van der Waals surface area (Å²) in [5, 5.41) is 0. The number of aromatic nitrogens is 2. The van der Waals surface area contributed by atoms with E-state index in [2.05, 4.69) is 4.98 Å². The molecule has 0 aliphatic heterocycles. The van der Waals surface area contributed by atoms with Gasteiger partial charge in [0.15, 0.2) is 5.82 Å². The number of aryl methyl sites for hydroxylation is 1. The predicted molar refractivity (Wildman–Crippen MR) is 110 cm³/mol. The van der Waals surface area contributed by atoms with E-state index >= 15 is 0 Å². The summed E-state index contributed by atoms with van der Waals surface area (Å²) < 4.78 is 34.1. The molecule has 7 nitrogen and oxygen atoms in total. The third kappa shape index (κ3) is 5.03. The van der Waals surface area contributed by atoms with Gasteiger partial charge in [0.25, 0.3) is 6.01 Å². The number of nitrogens with zero attached hydrogens (tertiary/aromatic N) is 2. The van der Waals surface area contributed by atoms with E-state index < -0.39 is 5.82 Å². The molecule has 0 saturated heterocycles. The van der Waals surface area contributed by atoms with E-state index in [-0.39, 0.29) is 30.1 Å². The van der Waals surface area contributed by atoms with Crippen LogP contribution in [0.2, 0.25) is 0 Å². The van der Waals surface area contributed by atoms with Crippen molar-refractivity contribution in [3.05, 3.63) is 17.9 Å². The first-order chi connectivity index (χ1) is 14.4. The second-order valence-corrected chi connectivity index (χ2v) is 8.67. The minimum absolute atomic E-state index is 0.0219. The van der Waals surface area contributed by atoms with Gasteiger partial charge in [-0.15, -0.1) is 0 Å². The Kier molecular flexibility index (Phi) is 6.13. The lowest BCUT2D eigenvalue weighted by Gasteiger charge is -2.29. The number of primary amides is 1. The third-order valence-electron chi connectivity index (χ3n) is 5.76. The van der Waals surface area contributed by atoms with Crippen LogP contribution in [-0.4, -0.2) is 40.4 Å². The normalized spacial score (nSPS) is 22.8. The molecule has 1 amide bonds. The van der Waals surface area contributed by atoms with Crippen molar-refractivity contribution in [1.29, 1.82) is 0 Å². The van der Waals surface area contributed by atoms with Crippen LogP contribution in [0, 0.1) is 11.7 Å². The van der Waals surface area contributed by atoms with E-state index in [0.29, 0.717) is 35.8 Å². The Bertz CT molecular complexity index is 903. The maximum atomic E-state index is 14.5. The summed E-state index contributed by atoms with van der Waals surface area (Å²) in [7, 11) is 1.83. The molecule has 1 aromatic heterocycles. The molecule has 1 atom stereocenters. The Morgan fingerprint density at radius 2 is 1.80 bits per heavy atom. The van der Waals surface area contributed by atoms with Gasteiger partial charge < -0.3 is 19.9 Å². The molecule has 4 rings (SSSR count). The van der Waals surface area contributed by atoms with E-state index in [1.807, 2.05) is 20.0 Å². The van der Waals surface area contributed by atoms with Gasteiger partial charge in [0, 0.05) is 32.2 Å². The smallest absolute Gasteiger partial charge is 0.297 e. The fourth-order valence-electron chi connectivity index (χ4n) is 3.92. The van der Waals surface area contributed by atoms with E-state index in [1.165, 1.54) is 6.07 Å². The standard InChI is InChI=1S/C22H30FN3O4/c1-13(9-20(24)27)12-28-14-3-5-16(6-4-14)30-22-25-21-18(23)10-17(29-15-7-8-15)11-19(21)26(22)2/h10-11,13-16H,3-9,12H2,1-2H3,(H2,24,27)/t13-,14?,16?/m1/s1. The van der Waals surface area contributed by atoms with Crippen LogP contribution in [0.25, 0.3) is 11.0 Å². The molecule has 0 unspecified atom stereocenters. The van der Waals surface area contributed by atoms with Crippen molar-refractivity contribution < 1.29 is 23.4 Å². The third-order valence-corrected chi connectivity index (χ3v) is 5.76. The zero-order valence-electron chi connectivity index (χ0n) is 17.6. The summed E-state index contributed by atoms with van der Waals surface area (Å²) in [5.41, 5.74) is 6.20. The van der Waals surface area contributed by atoms with Gasteiger partial charge in [-0.3, -0.25) is 9.36 Å². The van der Waals surface area contributed by atoms with Gasteiger partial charge in [0.05, 0.1) is 17.7 Å². The van der Waals surface area contributed by atoms with Crippen molar-refractivity contribution in [2.24, 2.45) is 18.7 Å². The topological polar surface area (TPSA) is 88.6 Å². The first-order valence-corrected chi connectivity index (χ1v) is 10.8. The molecule has 0 spiro atoms. The largest absolute Gasteiger partial charge is 0.490 e. The molecule has 0 radical (unpaired) electrons. The van der Waals surface area contributed by atoms with E-state index in [1.54, 1.807) is 4.57 Å². The summed E-state index contributed by atoms with van der Waals surface area (Å²) >= 11 is 0. The van der Waals surface area contributed by atoms with Crippen molar-refractivity contribution in [3.8, 4) is 11.8 Å². The zero-order valence-corrected chi connectivity index (χ0v) is 17.6. The van der Waals surface area contributed by atoms with Crippen molar-refractivity contribution in [2.75, 3.05) is 6.61 Å². The number of fused-ring (bicyclic) bond motifs is 1. The molecule has 0 bridgehead atoms. The van der Waals surface area contributed by atoms with Gasteiger partial charge in [-0.1, -0.05) is 6.92 Å². The highest BCUT2D eigenvalue weighted by Gasteiger charge is 2.27. The average molecular weight is 419 g/mol. The van der Waals surface area contributed by atoms with Crippen LogP contribution in [-0.2, 0) is 16.6 Å². The van der Waals surface area contributed by atoms with Gasteiger partial charge in [-0.25, -0.2) is 4.39 Å². The van der Waals surface area contributed by atoms with Crippen LogP contribution in [0.5, 0.6) is 11.8 Å². The summed E-state index contributed by atoms with van der Waals surface area (Å²) in [4.78, 5) is 15.4. The molecule has 30 heavy (non-hydrogen) atoms. The van der Waals surface area contributed by atoms with Crippen molar-refractivity contribution in [1.82, 2.24) is 9.55 Å². The number of amides is 1. The molecule has 2 N–H and O–H groups in total. The average Bonchev–Trinajstić information content (AvgIpc) is 3.45. The van der Waals surface area contributed by atoms with Crippen molar-refractivity contribution in [2.45, 2.75) is 70.2 Å². The minimum Gasteiger partial charge on any atom is -0.490 e. The molecule has 2 aromatic rings. The van der Waals surface area contributed by atoms with Gasteiger partial charge >= 0.3 is 0 Å². The molecular weight excluding hydrogens is 389 g/mol. The number of benzene rings is 1. The van der Waals surface area contributed by atoms with Crippen molar-refractivity contribution >= 4 is 16.9 Å². The number of carbonyl (C=O) groups is 1. The Balaban J connectivity index is 1.33. The Morgan fingerprint density at radius 1 is 1.17 bits per heavy atom. The van der Waals surface area contributed by atoms with Crippen LogP contribution in [0.4, 0.5) is 4.39 Å². The summed E-state index contributed by atoms with van der Waals surface area (Å²) in [6.07, 6.45) is 6.24. The van der Waals surface area contributed by atoms with Crippen LogP contribution in [0.3, 0.4) is 0 Å². The summed E-state index contributed by atoms with van der Waals surface area (Å²) in [6.45, 7) is 2.50. The predicted octanol–water partition coefficient (Wildman–Crippen LogP) is 3.47. The Hall–Kier alpha value is -2.35. The molecular formula is C22H30FN3O4. The lowest BCUT2D eigenvalue weighted by Crippen LogP contribution is -2.30. The number of hydrogen-bond acceptors (Lipinski definition) is 5. The fourth-order valence-corrected chi connectivity index (χ4v) is 3.92. The quantitative estimate of drug-likeness (QED) is 0.672. The van der Waals surface area contributed by atoms with Crippen LogP contribution in [0.1, 0.15) is 51.9 Å². The number of nitrogens with two attached hydrogens (primary N) is 1. The van der Waals surface area contributed by atoms with E-state index in [0.717, 1.165) is 38.5 Å². The minimum atomic E-state index is -0.393. The number of hydrogen-bond donors (Lipinski definition) is 1. The van der Waals surface area contributed by atoms with Crippen LogP contribution < -0.4 is 15.2 Å². The van der Waals surface area contributed by atoms with Crippen LogP contribution in [0.15, 0.2) is 12.1 Å². The Labute approximate surface area is 175 Å². The van der Waals surface area contributed by atoms with E-state index in [9.17, 15) is 9.18 Å². The van der Waals surface area contributed by atoms with Gasteiger partial charge in [0.1, 0.15) is 17.4 Å². The lowest BCUT2D eigenvalue weighted by molar-refractivity contribution is -0.119. The molecule has 1 heterocycles. The molecule has 2 aliphatic carbocycles. The number of ether oxygens (including phenoxy) is 3. The fraction of sp³-hybridized carbons (Fsp3) is 0.636. The highest BCUT2D eigenvalue weighted by atomic mass is 19.1. The highest BCUT2D eigenvalue weighted by Crippen LogP contribution is 2.33. The van der Waals surface area contributed by atoms with Gasteiger partial charge in [-0.2, -0.15) is 4.98 Å². The van der Waals surface area contributed by atoms with Crippen LogP contribution >= 0.6 is 0 Å². The monoisotopic (exact) mass is 419 g/mol. The molecule has 164 valence electrons. The number of carbonyl (C=O) groups excluding carboxylic acids is 1. The molecule has 1 aromatic carbocycles. The Morgan fingerprint density at radius 3 is 2.47 bits per heavy atom. The van der Waals surface area contributed by atoms with E-state index in [4.69, 9.17) is 19.9 Å². The SMILES string of the molecule is C[C@@H](COC1CCC(Oc2nc3c(F)cc(OC4CC4)cc3n2C)CC1)CC(N)=O. The second-order valence-electron chi connectivity index (χ2n) is 8.67. The highest BCUT2D eigenvalue weighted by molar-refractivity contribution is 5.79.